The van der Waals surface area contributed by atoms with Crippen LogP contribution >= 0.6 is 0 Å². The number of piperidine rings is 1. The summed E-state index contributed by atoms with van der Waals surface area (Å²) < 4.78 is 79.0. The van der Waals surface area contributed by atoms with E-state index in [0.29, 0.717) is 5.56 Å². The van der Waals surface area contributed by atoms with E-state index in [2.05, 4.69) is 20.6 Å². The smallest absolute Gasteiger partial charge is 0.419 e. The molecule has 1 aliphatic rings. The number of hydrogen-bond acceptors (Lipinski definition) is 7. The molecule has 48 heavy (non-hydrogen) atoms. The van der Waals surface area contributed by atoms with Gasteiger partial charge in [0, 0.05) is 56.5 Å². The number of amides is 3. The number of nitrogens with zero attached hydrogens (tertiary/aromatic N) is 3. The van der Waals surface area contributed by atoms with E-state index in [4.69, 9.17) is 9.47 Å². The van der Waals surface area contributed by atoms with E-state index in [-0.39, 0.29) is 48.9 Å². The first-order valence-electron chi connectivity index (χ1n) is 14.9. The van der Waals surface area contributed by atoms with Crippen molar-refractivity contribution in [1.29, 1.82) is 0 Å². The van der Waals surface area contributed by atoms with Crippen molar-refractivity contribution < 1.29 is 45.8 Å². The van der Waals surface area contributed by atoms with E-state index in [0.717, 1.165) is 18.2 Å². The molecule has 256 valence electrons. The summed E-state index contributed by atoms with van der Waals surface area (Å²) in [5, 5.41) is 5.10. The Balaban J connectivity index is 1.29. The number of alkyl halides is 5. The summed E-state index contributed by atoms with van der Waals surface area (Å²) in [4.78, 5) is 46.2. The van der Waals surface area contributed by atoms with Crippen LogP contribution in [0, 0.1) is 0 Å². The Kier molecular flexibility index (Phi) is 11.0. The molecule has 4 rings (SSSR count). The lowest BCUT2D eigenvalue weighted by atomic mass is 10.0. The van der Waals surface area contributed by atoms with Crippen molar-refractivity contribution >= 4 is 23.7 Å². The number of rotatable bonds is 9. The molecule has 3 amide bonds. The monoisotopic (exact) mass is 675 g/mol. The average Bonchev–Trinajstić information content (AvgIpc) is 3.01. The minimum Gasteiger partial charge on any atom is -0.489 e. The van der Waals surface area contributed by atoms with Gasteiger partial charge in [-0.05, 0) is 68.8 Å². The topological polar surface area (TPSA) is 123 Å². The van der Waals surface area contributed by atoms with Crippen LogP contribution in [0.4, 0.5) is 32.6 Å². The zero-order chi connectivity index (χ0) is 35.1. The molecule has 0 aliphatic carbocycles. The summed E-state index contributed by atoms with van der Waals surface area (Å²) in [5.74, 6) is -4.01. The van der Waals surface area contributed by atoms with E-state index in [1.165, 1.54) is 47.6 Å². The highest BCUT2D eigenvalue weighted by molar-refractivity contribution is 5.94. The van der Waals surface area contributed by atoms with E-state index >= 15 is 0 Å². The SMILES string of the molecule is CC(C)(C)OC(=O)Nc1ccc(CNC(=O)/C=C/COc2ccc(-c3ccc(C(=O)N4CCC(F)(F)CC4)cn3)cc2C(F)(F)F)cn1. The van der Waals surface area contributed by atoms with Crippen LogP contribution in [0.1, 0.15) is 55.1 Å². The molecule has 2 aromatic heterocycles. The highest BCUT2D eigenvalue weighted by Gasteiger charge is 2.36. The van der Waals surface area contributed by atoms with Gasteiger partial charge in [-0.15, -0.1) is 0 Å². The van der Waals surface area contributed by atoms with Crippen LogP contribution in [0.5, 0.6) is 5.75 Å². The summed E-state index contributed by atoms with van der Waals surface area (Å²) in [6, 6.07) is 9.32. The Labute approximate surface area is 273 Å². The van der Waals surface area contributed by atoms with Crippen molar-refractivity contribution in [3.63, 3.8) is 0 Å². The number of nitrogens with one attached hydrogen (secondary N) is 2. The van der Waals surface area contributed by atoms with E-state index in [9.17, 15) is 36.3 Å². The fourth-order valence-electron chi connectivity index (χ4n) is 4.50. The third-order valence-electron chi connectivity index (χ3n) is 6.90. The number of carbonyl (C=O) groups is 3. The van der Waals surface area contributed by atoms with Gasteiger partial charge in [0.25, 0.3) is 11.8 Å². The fourth-order valence-corrected chi connectivity index (χ4v) is 4.50. The Bertz CT molecular complexity index is 1630. The van der Waals surface area contributed by atoms with Crippen molar-refractivity contribution in [2.24, 2.45) is 0 Å². The Morgan fingerprint density at radius 2 is 1.71 bits per heavy atom. The molecular formula is C33H34F5N5O5. The summed E-state index contributed by atoms with van der Waals surface area (Å²) in [5.41, 5.74) is -0.691. The van der Waals surface area contributed by atoms with Crippen LogP contribution in [-0.2, 0) is 22.3 Å². The lowest BCUT2D eigenvalue weighted by Gasteiger charge is -2.31. The maximum absolute atomic E-state index is 13.9. The van der Waals surface area contributed by atoms with Crippen LogP contribution in [-0.4, -0.2) is 64.0 Å². The number of aromatic nitrogens is 2. The molecule has 0 saturated carbocycles. The molecule has 0 atom stereocenters. The van der Waals surface area contributed by atoms with Crippen molar-refractivity contribution in [2.45, 2.75) is 57.9 Å². The Morgan fingerprint density at radius 3 is 2.31 bits per heavy atom. The summed E-state index contributed by atoms with van der Waals surface area (Å²) >= 11 is 0. The minimum atomic E-state index is -4.77. The normalized spacial score (nSPS) is 14.8. The summed E-state index contributed by atoms with van der Waals surface area (Å²) in [6.45, 7) is 4.74. The van der Waals surface area contributed by atoms with Gasteiger partial charge in [-0.1, -0.05) is 6.07 Å². The van der Waals surface area contributed by atoms with Gasteiger partial charge in [-0.25, -0.2) is 18.6 Å². The van der Waals surface area contributed by atoms with Gasteiger partial charge in [0.2, 0.25) is 5.91 Å². The van der Waals surface area contributed by atoms with Gasteiger partial charge >= 0.3 is 12.3 Å². The van der Waals surface area contributed by atoms with Gasteiger partial charge in [0.1, 0.15) is 23.8 Å². The average molecular weight is 676 g/mol. The predicted octanol–water partition coefficient (Wildman–Crippen LogP) is 6.63. The second-order valence-electron chi connectivity index (χ2n) is 11.9. The van der Waals surface area contributed by atoms with Crippen molar-refractivity contribution in [1.82, 2.24) is 20.2 Å². The van der Waals surface area contributed by atoms with Crippen LogP contribution in [0.15, 0.2) is 67.0 Å². The molecule has 10 nitrogen and oxygen atoms in total. The largest absolute Gasteiger partial charge is 0.489 e. The third-order valence-corrected chi connectivity index (χ3v) is 6.90. The summed E-state index contributed by atoms with van der Waals surface area (Å²) in [7, 11) is 0. The summed E-state index contributed by atoms with van der Waals surface area (Å²) in [6.07, 6.45) is -1.27. The minimum absolute atomic E-state index is 0.101. The zero-order valence-electron chi connectivity index (χ0n) is 26.4. The fraction of sp³-hybridized carbons (Fsp3) is 0.364. The molecule has 0 spiro atoms. The quantitative estimate of drug-likeness (QED) is 0.193. The molecule has 1 fully saturated rings. The molecule has 15 heteroatoms. The van der Waals surface area contributed by atoms with Crippen molar-refractivity contribution in [2.75, 3.05) is 25.0 Å². The van der Waals surface area contributed by atoms with Crippen molar-refractivity contribution in [3.8, 4) is 17.0 Å². The number of benzene rings is 1. The molecule has 1 aliphatic heterocycles. The number of carbonyl (C=O) groups excluding carboxylic acids is 3. The van der Waals surface area contributed by atoms with Crippen LogP contribution in [0.25, 0.3) is 11.3 Å². The van der Waals surface area contributed by atoms with E-state index in [1.807, 2.05) is 0 Å². The van der Waals surface area contributed by atoms with Gasteiger partial charge < -0.3 is 19.7 Å². The second-order valence-corrected chi connectivity index (χ2v) is 11.9. The molecule has 3 aromatic rings. The number of anilines is 1. The molecule has 3 heterocycles. The van der Waals surface area contributed by atoms with E-state index in [1.54, 1.807) is 26.8 Å². The number of pyridine rings is 2. The first-order valence-corrected chi connectivity index (χ1v) is 14.9. The van der Waals surface area contributed by atoms with E-state index < -0.39 is 59.8 Å². The van der Waals surface area contributed by atoms with Gasteiger partial charge in [0.15, 0.2) is 0 Å². The maximum atomic E-state index is 13.9. The third kappa shape index (κ3) is 10.5. The standard InChI is InChI=1S/C33H34F5N5O5/c1-31(2,3)48-30(46)42-27-11-6-21(18-40-27)19-41-28(44)5-4-16-47-26-10-8-22(17-24(26)33(36,37)38)25-9-7-23(20-39-25)29(45)43-14-12-32(34,35)13-15-43/h4-11,17-18,20H,12-16,19H2,1-3H3,(H,41,44)(H,40,42,46)/b5-4+. The lowest BCUT2D eigenvalue weighted by molar-refractivity contribution is -0.138. The molecule has 1 saturated heterocycles. The Hall–Kier alpha value is -5.08. The van der Waals surface area contributed by atoms with Crippen LogP contribution in [0.2, 0.25) is 0 Å². The molecule has 0 radical (unpaired) electrons. The number of ether oxygens (including phenoxy) is 2. The number of hydrogen-bond donors (Lipinski definition) is 2. The predicted molar refractivity (Wildman–Crippen MR) is 165 cm³/mol. The highest BCUT2D eigenvalue weighted by Crippen LogP contribution is 2.38. The molecular weight excluding hydrogens is 641 g/mol. The van der Waals surface area contributed by atoms with Crippen LogP contribution < -0.4 is 15.4 Å². The maximum Gasteiger partial charge on any atom is 0.419 e. The highest BCUT2D eigenvalue weighted by atomic mass is 19.4. The first-order chi connectivity index (χ1) is 22.5. The molecule has 0 bridgehead atoms. The molecule has 0 unspecified atom stereocenters. The van der Waals surface area contributed by atoms with Crippen LogP contribution in [0.3, 0.4) is 0 Å². The van der Waals surface area contributed by atoms with Gasteiger partial charge in [-0.3, -0.25) is 19.9 Å². The van der Waals surface area contributed by atoms with Crippen molar-refractivity contribution in [3.05, 3.63) is 83.7 Å². The van der Waals surface area contributed by atoms with Gasteiger partial charge in [0.05, 0.1) is 16.8 Å². The van der Waals surface area contributed by atoms with Gasteiger partial charge in [-0.2, -0.15) is 13.2 Å². The Morgan fingerprint density at radius 1 is 0.979 bits per heavy atom. The second kappa shape index (κ2) is 14.8. The molecule has 2 N–H and O–H groups in total. The lowest BCUT2D eigenvalue weighted by Crippen LogP contribution is -2.42. The number of halogens is 5. The molecule has 1 aromatic carbocycles. The number of likely N-dealkylation sites (tertiary alicyclic amines) is 1. The first kappa shape index (κ1) is 35.8. The zero-order valence-corrected chi connectivity index (χ0v) is 26.4.